The fourth-order valence-electron chi connectivity index (χ4n) is 1.83. The van der Waals surface area contributed by atoms with Crippen LogP contribution in [0.2, 0.25) is 0 Å². The van der Waals surface area contributed by atoms with E-state index in [0.717, 1.165) is 10.7 Å². The van der Waals surface area contributed by atoms with Gasteiger partial charge >= 0.3 is 0 Å². The molecule has 2 nitrogen and oxygen atoms in total. The van der Waals surface area contributed by atoms with Crippen LogP contribution in [0.15, 0.2) is 29.6 Å². The van der Waals surface area contributed by atoms with E-state index < -0.39 is 0 Å². The van der Waals surface area contributed by atoms with Crippen LogP contribution in [0.25, 0.3) is 0 Å². The molecule has 0 aliphatic rings. The summed E-state index contributed by atoms with van der Waals surface area (Å²) in [6.07, 6.45) is 0.704. The summed E-state index contributed by atoms with van der Waals surface area (Å²) in [7, 11) is 0. The fraction of sp³-hybridized carbons (Fsp3) is 0.308. The predicted molar refractivity (Wildman–Crippen MR) is 68.8 cm³/mol. The van der Waals surface area contributed by atoms with Crippen LogP contribution < -0.4 is 5.73 Å². The van der Waals surface area contributed by atoms with Gasteiger partial charge in [0.15, 0.2) is 0 Å². The molecule has 1 aromatic heterocycles. The van der Waals surface area contributed by atoms with E-state index in [2.05, 4.69) is 4.98 Å². The number of rotatable bonds is 4. The van der Waals surface area contributed by atoms with Crippen LogP contribution >= 0.6 is 11.3 Å². The number of aromatic nitrogens is 1. The fourth-order valence-corrected chi connectivity index (χ4v) is 2.69. The van der Waals surface area contributed by atoms with Crippen molar-refractivity contribution >= 4 is 11.3 Å². The molecular weight excluding hydrogens is 235 g/mol. The lowest BCUT2D eigenvalue weighted by Crippen LogP contribution is -2.16. The van der Waals surface area contributed by atoms with Gasteiger partial charge in [0.2, 0.25) is 0 Å². The lowest BCUT2D eigenvalue weighted by atomic mass is 9.95. The van der Waals surface area contributed by atoms with Crippen LogP contribution in [0, 0.1) is 12.7 Å². The van der Waals surface area contributed by atoms with E-state index in [9.17, 15) is 4.39 Å². The Kier molecular flexibility index (Phi) is 3.86. The van der Waals surface area contributed by atoms with Crippen molar-refractivity contribution < 1.29 is 4.39 Å². The largest absolute Gasteiger partial charge is 0.330 e. The van der Waals surface area contributed by atoms with Gasteiger partial charge in [-0.25, -0.2) is 9.37 Å². The van der Waals surface area contributed by atoms with Gasteiger partial charge in [-0.1, -0.05) is 18.2 Å². The summed E-state index contributed by atoms with van der Waals surface area (Å²) < 4.78 is 13.7. The first-order valence-electron chi connectivity index (χ1n) is 5.56. The van der Waals surface area contributed by atoms with Crippen molar-refractivity contribution in [3.63, 3.8) is 0 Å². The van der Waals surface area contributed by atoms with E-state index >= 15 is 0 Å². The Morgan fingerprint density at radius 1 is 1.41 bits per heavy atom. The Balaban J connectivity index is 2.20. The van der Waals surface area contributed by atoms with Gasteiger partial charge in [-0.3, -0.25) is 0 Å². The first kappa shape index (κ1) is 12.2. The predicted octanol–water partition coefficient (Wildman–Crippen LogP) is 2.88. The number of benzene rings is 1. The van der Waals surface area contributed by atoms with Gasteiger partial charge in [-0.15, -0.1) is 11.3 Å². The van der Waals surface area contributed by atoms with Crippen LogP contribution in [0.4, 0.5) is 4.39 Å². The molecule has 0 spiro atoms. The Hall–Kier alpha value is -1.26. The molecule has 17 heavy (non-hydrogen) atoms. The summed E-state index contributed by atoms with van der Waals surface area (Å²) in [4.78, 5) is 4.39. The number of halogens is 1. The molecule has 2 N–H and O–H groups in total. The van der Waals surface area contributed by atoms with Gasteiger partial charge < -0.3 is 5.73 Å². The van der Waals surface area contributed by atoms with Crippen LogP contribution in [0.3, 0.4) is 0 Å². The van der Waals surface area contributed by atoms with Gasteiger partial charge in [0.25, 0.3) is 0 Å². The maximum atomic E-state index is 13.7. The highest BCUT2D eigenvalue weighted by Crippen LogP contribution is 2.24. The first-order valence-corrected chi connectivity index (χ1v) is 6.44. The van der Waals surface area contributed by atoms with E-state index in [-0.39, 0.29) is 11.7 Å². The summed E-state index contributed by atoms with van der Waals surface area (Å²) in [6.45, 7) is 2.39. The minimum Gasteiger partial charge on any atom is -0.330 e. The minimum absolute atomic E-state index is 0.00162. The zero-order valence-electron chi connectivity index (χ0n) is 9.69. The highest BCUT2D eigenvalue weighted by molar-refractivity contribution is 7.09. The Bertz CT molecular complexity index is 496. The molecule has 0 saturated heterocycles. The van der Waals surface area contributed by atoms with Gasteiger partial charge in [0, 0.05) is 23.4 Å². The molecule has 90 valence electrons. The molecule has 1 atom stereocenters. The molecule has 0 saturated carbocycles. The number of aryl methyl sites for hydroxylation is 1. The van der Waals surface area contributed by atoms with E-state index in [0.29, 0.717) is 18.5 Å². The summed E-state index contributed by atoms with van der Waals surface area (Å²) in [5.74, 6) is -0.182. The molecule has 4 heteroatoms. The summed E-state index contributed by atoms with van der Waals surface area (Å²) in [6, 6.07) is 6.81. The second kappa shape index (κ2) is 5.38. The van der Waals surface area contributed by atoms with Crippen molar-refractivity contribution in [1.82, 2.24) is 4.98 Å². The number of nitrogens with zero attached hydrogens (tertiary/aromatic N) is 1. The highest BCUT2D eigenvalue weighted by Gasteiger charge is 2.15. The van der Waals surface area contributed by atoms with Crippen molar-refractivity contribution in [2.75, 3.05) is 6.54 Å². The average molecular weight is 250 g/mol. The van der Waals surface area contributed by atoms with Crippen molar-refractivity contribution in [2.24, 2.45) is 5.73 Å². The zero-order chi connectivity index (χ0) is 12.3. The van der Waals surface area contributed by atoms with E-state index in [1.807, 2.05) is 18.4 Å². The Morgan fingerprint density at radius 2 is 2.18 bits per heavy atom. The first-order chi connectivity index (χ1) is 8.20. The quantitative estimate of drug-likeness (QED) is 0.906. The van der Waals surface area contributed by atoms with Crippen LogP contribution in [0.5, 0.6) is 0 Å². The standard InChI is InChI=1S/C13H15FN2S/c1-9-8-17-13(16-9)6-10(7-15)11-4-2-3-5-12(11)14/h2-5,8,10H,6-7,15H2,1H3. The molecule has 0 fully saturated rings. The van der Waals surface area contributed by atoms with E-state index in [1.54, 1.807) is 23.5 Å². The molecule has 0 aliphatic heterocycles. The van der Waals surface area contributed by atoms with Gasteiger partial charge in [0.1, 0.15) is 5.82 Å². The third kappa shape index (κ3) is 2.90. The molecule has 1 heterocycles. The van der Waals surface area contributed by atoms with Gasteiger partial charge in [0.05, 0.1) is 5.01 Å². The second-order valence-electron chi connectivity index (χ2n) is 4.04. The molecule has 1 aromatic carbocycles. The second-order valence-corrected chi connectivity index (χ2v) is 4.98. The number of thiazole rings is 1. The normalized spacial score (nSPS) is 12.6. The molecule has 0 radical (unpaired) electrons. The van der Waals surface area contributed by atoms with E-state index in [1.165, 1.54) is 6.07 Å². The van der Waals surface area contributed by atoms with Crippen molar-refractivity contribution in [1.29, 1.82) is 0 Å². The minimum atomic E-state index is -0.184. The Labute approximate surface area is 104 Å². The maximum Gasteiger partial charge on any atom is 0.126 e. The van der Waals surface area contributed by atoms with Gasteiger partial charge in [-0.2, -0.15) is 0 Å². The van der Waals surface area contributed by atoms with Gasteiger partial charge in [-0.05, 0) is 25.1 Å². The summed E-state index contributed by atoms with van der Waals surface area (Å²) >= 11 is 1.60. The van der Waals surface area contributed by atoms with Crippen LogP contribution in [-0.4, -0.2) is 11.5 Å². The van der Waals surface area contributed by atoms with Crippen LogP contribution in [0.1, 0.15) is 22.2 Å². The monoisotopic (exact) mass is 250 g/mol. The molecule has 0 bridgehead atoms. The highest BCUT2D eigenvalue weighted by atomic mass is 32.1. The molecule has 2 aromatic rings. The smallest absolute Gasteiger partial charge is 0.126 e. The van der Waals surface area contributed by atoms with Crippen molar-refractivity contribution in [3.05, 3.63) is 51.7 Å². The number of nitrogens with two attached hydrogens (primary N) is 1. The van der Waals surface area contributed by atoms with Crippen LogP contribution in [-0.2, 0) is 6.42 Å². The Morgan fingerprint density at radius 3 is 2.76 bits per heavy atom. The van der Waals surface area contributed by atoms with Crippen molar-refractivity contribution in [2.45, 2.75) is 19.3 Å². The lowest BCUT2D eigenvalue weighted by molar-refractivity contribution is 0.575. The topological polar surface area (TPSA) is 38.9 Å². The SMILES string of the molecule is Cc1csc(CC(CN)c2ccccc2F)n1. The summed E-state index contributed by atoms with van der Waals surface area (Å²) in [5.41, 5.74) is 7.43. The average Bonchev–Trinajstić information content (AvgIpc) is 2.73. The zero-order valence-corrected chi connectivity index (χ0v) is 10.5. The number of hydrogen-bond acceptors (Lipinski definition) is 3. The molecule has 0 amide bonds. The molecule has 0 aliphatic carbocycles. The maximum absolute atomic E-state index is 13.7. The third-order valence-corrected chi connectivity index (χ3v) is 3.71. The molecule has 2 rings (SSSR count). The molecular formula is C13H15FN2S. The lowest BCUT2D eigenvalue weighted by Gasteiger charge is -2.14. The molecule has 1 unspecified atom stereocenters. The number of hydrogen-bond donors (Lipinski definition) is 1. The summed E-state index contributed by atoms with van der Waals surface area (Å²) in [5, 5.41) is 3.02. The third-order valence-electron chi connectivity index (χ3n) is 2.72. The van der Waals surface area contributed by atoms with Crippen molar-refractivity contribution in [3.8, 4) is 0 Å². The van der Waals surface area contributed by atoms with E-state index in [4.69, 9.17) is 5.73 Å².